The number of benzene rings is 2. The van der Waals surface area contributed by atoms with Gasteiger partial charge in [-0.3, -0.25) is 4.79 Å². The van der Waals surface area contributed by atoms with Crippen LogP contribution < -0.4 is 10.1 Å². The van der Waals surface area contributed by atoms with Gasteiger partial charge in [0.15, 0.2) is 5.75 Å². The van der Waals surface area contributed by atoms with E-state index in [0.29, 0.717) is 36.2 Å². The second-order valence-corrected chi connectivity index (χ2v) is 8.91. The summed E-state index contributed by atoms with van der Waals surface area (Å²) in [6.45, 7) is 6.37. The minimum atomic E-state index is -3.64. The smallest absolute Gasteiger partial charge is 0.243 e. The van der Waals surface area contributed by atoms with Gasteiger partial charge in [-0.05, 0) is 42.7 Å². The predicted octanol–water partition coefficient (Wildman–Crippen LogP) is 4.10. The summed E-state index contributed by atoms with van der Waals surface area (Å²) in [7, 11) is -3.64. The van der Waals surface area contributed by atoms with E-state index >= 15 is 0 Å². The van der Waals surface area contributed by atoms with Crippen molar-refractivity contribution in [3.05, 3.63) is 48.5 Å². The Morgan fingerprint density at radius 1 is 1.14 bits per heavy atom. The van der Waals surface area contributed by atoms with Gasteiger partial charge in [0.1, 0.15) is 5.75 Å². The minimum absolute atomic E-state index is 0.0346. The van der Waals surface area contributed by atoms with Gasteiger partial charge in [-0.1, -0.05) is 39.0 Å². The van der Waals surface area contributed by atoms with Gasteiger partial charge in [0.25, 0.3) is 0 Å². The van der Waals surface area contributed by atoms with Gasteiger partial charge in [-0.25, -0.2) is 8.42 Å². The molecule has 1 amide bonds. The first kappa shape index (κ1) is 20.4. The van der Waals surface area contributed by atoms with Crippen molar-refractivity contribution in [2.75, 3.05) is 18.4 Å². The summed E-state index contributed by atoms with van der Waals surface area (Å²) in [6, 6.07) is 13.8. The van der Waals surface area contributed by atoms with Crippen LogP contribution in [0.1, 0.15) is 27.2 Å². The van der Waals surface area contributed by atoms with E-state index in [4.69, 9.17) is 4.74 Å². The van der Waals surface area contributed by atoms with Crippen LogP contribution in [0.25, 0.3) is 0 Å². The average molecular weight is 403 g/mol. The lowest BCUT2D eigenvalue weighted by molar-refractivity contribution is -0.117. The topological polar surface area (TPSA) is 75.7 Å². The van der Waals surface area contributed by atoms with Gasteiger partial charge < -0.3 is 10.1 Å². The molecule has 2 aromatic rings. The molecule has 1 saturated carbocycles. The maximum atomic E-state index is 12.9. The molecule has 1 N–H and O–H groups in total. The summed E-state index contributed by atoms with van der Waals surface area (Å²) < 4.78 is 33.0. The Bertz CT molecular complexity index is 940. The Kier molecular flexibility index (Phi) is 6.05. The number of amides is 1. The number of hydrogen-bond acceptors (Lipinski definition) is 4. The first-order valence-corrected chi connectivity index (χ1v) is 11.0. The van der Waals surface area contributed by atoms with Crippen LogP contribution in [0, 0.1) is 11.8 Å². The molecule has 28 heavy (non-hydrogen) atoms. The third-order valence-corrected chi connectivity index (χ3v) is 7.02. The van der Waals surface area contributed by atoms with Crippen molar-refractivity contribution >= 4 is 21.6 Å². The van der Waals surface area contributed by atoms with Crippen LogP contribution in [0.4, 0.5) is 5.69 Å². The van der Waals surface area contributed by atoms with E-state index in [1.165, 1.54) is 16.4 Å². The third-order valence-electron chi connectivity index (χ3n) is 4.97. The number of anilines is 1. The number of sulfonamides is 1. The third kappa shape index (κ3) is 4.36. The molecule has 2 atom stereocenters. The summed E-state index contributed by atoms with van der Waals surface area (Å²) >= 11 is 0. The van der Waals surface area contributed by atoms with Gasteiger partial charge in [0.2, 0.25) is 15.9 Å². The van der Waals surface area contributed by atoms with Crippen LogP contribution in [0.2, 0.25) is 0 Å². The van der Waals surface area contributed by atoms with E-state index in [0.717, 1.165) is 6.42 Å². The summed E-state index contributed by atoms with van der Waals surface area (Å²) in [5, 5.41) is 2.86. The van der Waals surface area contributed by atoms with Crippen molar-refractivity contribution < 1.29 is 17.9 Å². The normalized spacial score (nSPS) is 18.7. The van der Waals surface area contributed by atoms with E-state index < -0.39 is 10.0 Å². The van der Waals surface area contributed by atoms with Crippen molar-refractivity contribution in [1.82, 2.24) is 4.31 Å². The molecule has 0 aliphatic heterocycles. The van der Waals surface area contributed by atoms with Crippen molar-refractivity contribution in [2.45, 2.75) is 32.1 Å². The molecular formula is C21H26N2O4S. The van der Waals surface area contributed by atoms with Crippen molar-refractivity contribution in [1.29, 1.82) is 0 Å². The van der Waals surface area contributed by atoms with Gasteiger partial charge >= 0.3 is 0 Å². The predicted molar refractivity (Wildman–Crippen MR) is 109 cm³/mol. The van der Waals surface area contributed by atoms with Gasteiger partial charge in [-0.15, -0.1) is 0 Å². The van der Waals surface area contributed by atoms with Crippen LogP contribution in [-0.2, 0) is 14.8 Å². The molecular weight excluding hydrogens is 376 g/mol. The Morgan fingerprint density at radius 3 is 2.36 bits per heavy atom. The molecule has 1 fully saturated rings. The largest absolute Gasteiger partial charge is 0.455 e. The van der Waals surface area contributed by atoms with E-state index in [1.54, 1.807) is 32.0 Å². The SMILES string of the molecule is CCN(CC)S(=O)(=O)c1ccc(Oc2ccccc2)c(NC(=O)[C@H]2C[C@H]2C)c1. The number of ether oxygens (including phenoxy) is 1. The summed E-state index contributed by atoms with van der Waals surface area (Å²) in [4.78, 5) is 12.6. The van der Waals surface area contributed by atoms with E-state index in [2.05, 4.69) is 5.32 Å². The number of hydrogen-bond donors (Lipinski definition) is 1. The lowest BCUT2D eigenvalue weighted by atomic mass is 10.2. The minimum Gasteiger partial charge on any atom is -0.455 e. The van der Waals surface area contributed by atoms with E-state index in [1.807, 2.05) is 25.1 Å². The number of carbonyl (C=O) groups is 1. The highest BCUT2D eigenvalue weighted by Gasteiger charge is 2.39. The molecule has 150 valence electrons. The fourth-order valence-corrected chi connectivity index (χ4v) is 4.58. The number of nitrogens with zero attached hydrogens (tertiary/aromatic N) is 1. The monoisotopic (exact) mass is 402 g/mol. The zero-order valence-electron chi connectivity index (χ0n) is 16.4. The summed E-state index contributed by atoms with van der Waals surface area (Å²) in [5.74, 6) is 1.22. The average Bonchev–Trinajstić information content (AvgIpc) is 3.41. The highest BCUT2D eigenvalue weighted by Crippen LogP contribution is 2.40. The van der Waals surface area contributed by atoms with Crippen molar-refractivity contribution in [3.63, 3.8) is 0 Å². The van der Waals surface area contributed by atoms with Crippen LogP contribution in [0.5, 0.6) is 11.5 Å². The molecule has 0 saturated heterocycles. The molecule has 6 nitrogen and oxygen atoms in total. The van der Waals surface area contributed by atoms with Crippen molar-refractivity contribution in [3.8, 4) is 11.5 Å². The lowest BCUT2D eigenvalue weighted by Gasteiger charge is -2.20. The summed E-state index contributed by atoms with van der Waals surface area (Å²) in [5.41, 5.74) is 0.362. The Morgan fingerprint density at radius 2 is 1.79 bits per heavy atom. The van der Waals surface area contributed by atoms with E-state index in [-0.39, 0.29) is 16.7 Å². The Hall–Kier alpha value is -2.38. The molecule has 1 aliphatic rings. The van der Waals surface area contributed by atoms with Gasteiger partial charge in [0, 0.05) is 19.0 Å². The zero-order valence-corrected chi connectivity index (χ0v) is 17.2. The first-order valence-electron chi connectivity index (χ1n) is 9.54. The molecule has 3 rings (SSSR count). The highest BCUT2D eigenvalue weighted by molar-refractivity contribution is 7.89. The number of nitrogens with one attached hydrogen (secondary N) is 1. The first-order chi connectivity index (χ1) is 13.4. The molecule has 2 aromatic carbocycles. The van der Waals surface area contributed by atoms with Crippen LogP contribution in [-0.4, -0.2) is 31.7 Å². The Labute approximate surface area is 166 Å². The molecule has 7 heteroatoms. The fraction of sp³-hybridized carbons (Fsp3) is 0.381. The number of rotatable bonds is 8. The maximum Gasteiger partial charge on any atom is 0.243 e. The molecule has 1 aliphatic carbocycles. The highest BCUT2D eigenvalue weighted by atomic mass is 32.2. The van der Waals surface area contributed by atoms with Gasteiger partial charge in [-0.2, -0.15) is 4.31 Å². The van der Waals surface area contributed by atoms with Crippen LogP contribution in [0.15, 0.2) is 53.4 Å². The lowest BCUT2D eigenvalue weighted by Crippen LogP contribution is -2.30. The molecule has 0 unspecified atom stereocenters. The quantitative estimate of drug-likeness (QED) is 0.721. The molecule has 0 bridgehead atoms. The molecule has 0 heterocycles. The number of para-hydroxylation sites is 1. The van der Waals surface area contributed by atoms with E-state index in [9.17, 15) is 13.2 Å². The second kappa shape index (κ2) is 8.32. The molecule has 0 aromatic heterocycles. The zero-order chi connectivity index (χ0) is 20.3. The fourth-order valence-electron chi connectivity index (χ4n) is 3.10. The van der Waals surface area contributed by atoms with Crippen LogP contribution >= 0.6 is 0 Å². The molecule has 0 radical (unpaired) electrons. The van der Waals surface area contributed by atoms with Crippen molar-refractivity contribution in [2.24, 2.45) is 11.8 Å². The Balaban J connectivity index is 1.96. The second-order valence-electron chi connectivity index (χ2n) is 6.97. The van der Waals surface area contributed by atoms with Crippen LogP contribution in [0.3, 0.4) is 0 Å². The summed E-state index contributed by atoms with van der Waals surface area (Å²) in [6.07, 6.45) is 0.845. The number of carbonyl (C=O) groups excluding carboxylic acids is 1. The maximum absolute atomic E-state index is 12.9. The standard InChI is InChI=1S/C21H26N2O4S/c1-4-23(5-2)28(25,26)17-11-12-20(27-16-9-7-6-8-10-16)19(14-17)22-21(24)18-13-15(18)3/h6-12,14-15,18H,4-5,13H2,1-3H3,(H,22,24)/t15-,18+/m1/s1. The van der Waals surface area contributed by atoms with Gasteiger partial charge in [0.05, 0.1) is 10.6 Å². The molecule has 0 spiro atoms.